The number of rotatable bonds is 3. The Bertz CT molecular complexity index is 795. The molecular formula is C19H22N4O2. The van der Waals surface area contributed by atoms with E-state index < -0.39 is 0 Å². The van der Waals surface area contributed by atoms with Gasteiger partial charge in [0, 0.05) is 31.4 Å². The third-order valence-corrected chi connectivity index (χ3v) is 5.29. The van der Waals surface area contributed by atoms with Crippen LogP contribution in [0.3, 0.4) is 0 Å². The molecule has 0 atom stereocenters. The fraction of sp³-hybridized carbons (Fsp3) is 0.421. The van der Waals surface area contributed by atoms with Crippen molar-refractivity contribution in [2.24, 2.45) is 7.05 Å². The zero-order valence-electron chi connectivity index (χ0n) is 14.4. The summed E-state index contributed by atoms with van der Waals surface area (Å²) < 4.78 is 1.66. The van der Waals surface area contributed by atoms with E-state index in [1.165, 1.54) is 6.42 Å². The second kappa shape index (κ2) is 6.35. The summed E-state index contributed by atoms with van der Waals surface area (Å²) in [6.45, 7) is 1.17. The summed E-state index contributed by atoms with van der Waals surface area (Å²) in [4.78, 5) is 29.0. The van der Waals surface area contributed by atoms with Crippen LogP contribution in [-0.2, 0) is 11.8 Å². The van der Waals surface area contributed by atoms with E-state index >= 15 is 0 Å². The topological polar surface area (TPSA) is 58.4 Å². The largest absolute Gasteiger partial charge is 0.326 e. The molecule has 0 unspecified atom stereocenters. The van der Waals surface area contributed by atoms with E-state index in [0.29, 0.717) is 24.7 Å². The fourth-order valence-electron chi connectivity index (χ4n) is 3.61. The minimum atomic E-state index is -0.0806. The number of amides is 2. The maximum Gasteiger partial charge on any atom is 0.272 e. The number of piperazine rings is 1. The van der Waals surface area contributed by atoms with Gasteiger partial charge in [0.2, 0.25) is 5.91 Å². The number of anilines is 1. The summed E-state index contributed by atoms with van der Waals surface area (Å²) in [5.74, 6) is 0.315. The molecule has 130 valence electrons. The van der Waals surface area contributed by atoms with Crippen LogP contribution < -0.4 is 4.90 Å². The van der Waals surface area contributed by atoms with Crippen LogP contribution in [-0.4, -0.2) is 46.1 Å². The van der Waals surface area contributed by atoms with Crippen molar-refractivity contribution in [2.45, 2.75) is 25.2 Å². The van der Waals surface area contributed by atoms with Crippen molar-refractivity contribution in [1.29, 1.82) is 0 Å². The smallest absolute Gasteiger partial charge is 0.272 e. The van der Waals surface area contributed by atoms with Gasteiger partial charge in [-0.25, -0.2) is 0 Å². The number of aromatic nitrogens is 2. The Morgan fingerprint density at radius 3 is 2.56 bits per heavy atom. The average molecular weight is 338 g/mol. The van der Waals surface area contributed by atoms with Gasteiger partial charge in [0.1, 0.15) is 12.2 Å². The molecule has 2 aliphatic rings. The van der Waals surface area contributed by atoms with Gasteiger partial charge in [-0.2, -0.15) is 5.10 Å². The van der Waals surface area contributed by atoms with Crippen LogP contribution in [0, 0.1) is 0 Å². The number of carbonyl (C=O) groups excluding carboxylic acids is 2. The van der Waals surface area contributed by atoms with Crippen LogP contribution in [0.15, 0.2) is 36.5 Å². The molecule has 2 fully saturated rings. The van der Waals surface area contributed by atoms with Gasteiger partial charge in [0.15, 0.2) is 0 Å². The van der Waals surface area contributed by atoms with Crippen molar-refractivity contribution in [3.63, 3.8) is 0 Å². The van der Waals surface area contributed by atoms with Crippen molar-refractivity contribution in [3.8, 4) is 0 Å². The highest BCUT2D eigenvalue weighted by atomic mass is 16.2. The number of hydrogen-bond donors (Lipinski definition) is 0. The molecule has 1 saturated heterocycles. The molecule has 2 heterocycles. The first-order valence-electron chi connectivity index (χ1n) is 8.81. The number of carbonyl (C=O) groups is 2. The molecule has 0 spiro atoms. The van der Waals surface area contributed by atoms with Gasteiger partial charge in [0.05, 0.1) is 6.20 Å². The third-order valence-electron chi connectivity index (χ3n) is 5.29. The average Bonchev–Trinajstić information content (AvgIpc) is 2.94. The van der Waals surface area contributed by atoms with Gasteiger partial charge >= 0.3 is 0 Å². The van der Waals surface area contributed by atoms with Gasteiger partial charge in [-0.3, -0.25) is 14.3 Å². The highest BCUT2D eigenvalue weighted by Gasteiger charge is 2.33. The van der Waals surface area contributed by atoms with Gasteiger partial charge in [-0.1, -0.05) is 24.6 Å². The monoisotopic (exact) mass is 338 g/mol. The van der Waals surface area contributed by atoms with Gasteiger partial charge in [0.25, 0.3) is 5.91 Å². The van der Waals surface area contributed by atoms with Gasteiger partial charge < -0.3 is 9.80 Å². The SMILES string of the molecule is Cn1ncc(C2CCC2)c1C(=O)N1CCN(c2ccccc2)C(=O)C1. The number of aryl methyl sites for hydroxylation is 1. The van der Waals surface area contributed by atoms with Crippen LogP contribution in [0.25, 0.3) is 0 Å². The number of benzene rings is 1. The Morgan fingerprint density at radius 2 is 1.92 bits per heavy atom. The zero-order valence-corrected chi connectivity index (χ0v) is 14.4. The van der Waals surface area contributed by atoms with Crippen LogP contribution in [0.4, 0.5) is 5.69 Å². The van der Waals surface area contributed by atoms with E-state index in [2.05, 4.69) is 5.10 Å². The zero-order chi connectivity index (χ0) is 17.4. The van der Waals surface area contributed by atoms with Crippen LogP contribution in [0.1, 0.15) is 41.2 Å². The van der Waals surface area contributed by atoms with Gasteiger partial charge in [-0.15, -0.1) is 0 Å². The molecule has 6 nitrogen and oxygen atoms in total. The summed E-state index contributed by atoms with van der Waals surface area (Å²) in [6, 6.07) is 9.61. The second-order valence-corrected chi connectivity index (χ2v) is 6.81. The lowest BCUT2D eigenvalue weighted by Crippen LogP contribution is -2.52. The van der Waals surface area contributed by atoms with E-state index in [9.17, 15) is 9.59 Å². The maximum atomic E-state index is 13.0. The quantitative estimate of drug-likeness (QED) is 0.862. The van der Waals surface area contributed by atoms with E-state index in [4.69, 9.17) is 0 Å². The molecule has 0 bridgehead atoms. The molecule has 0 radical (unpaired) electrons. The fourth-order valence-corrected chi connectivity index (χ4v) is 3.61. The standard InChI is InChI=1S/C19H22N4O2/c1-21-18(16(12-20-21)14-6-5-7-14)19(25)22-10-11-23(17(24)13-22)15-8-3-2-4-9-15/h2-4,8-9,12,14H,5-7,10-11,13H2,1H3. The van der Waals surface area contributed by atoms with E-state index in [1.807, 2.05) is 36.5 Å². The third kappa shape index (κ3) is 2.81. The van der Waals surface area contributed by atoms with Crippen molar-refractivity contribution in [1.82, 2.24) is 14.7 Å². The normalized spacial score (nSPS) is 18.4. The number of para-hydroxylation sites is 1. The van der Waals surface area contributed by atoms with Crippen molar-refractivity contribution < 1.29 is 9.59 Å². The van der Waals surface area contributed by atoms with E-state index in [-0.39, 0.29) is 18.4 Å². The molecule has 2 amide bonds. The first-order valence-corrected chi connectivity index (χ1v) is 8.81. The molecule has 4 rings (SSSR count). The molecule has 1 saturated carbocycles. The lowest BCUT2D eigenvalue weighted by molar-refractivity contribution is -0.120. The summed E-state index contributed by atoms with van der Waals surface area (Å²) in [7, 11) is 1.80. The highest BCUT2D eigenvalue weighted by molar-refractivity contribution is 6.01. The Balaban J connectivity index is 1.52. The Labute approximate surface area is 147 Å². The van der Waals surface area contributed by atoms with Crippen LogP contribution in [0.5, 0.6) is 0 Å². The lowest BCUT2D eigenvalue weighted by Gasteiger charge is -2.35. The van der Waals surface area contributed by atoms with Gasteiger partial charge in [-0.05, 0) is 30.9 Å². The highest BCUT2D eigenvalue weighted by Crippen LogP contribution is 2.38. The van der Waals surface area contributed by atoms with E-state index in [0.717, 1.165) is 24.1 Å². The summed E-state index contributed by atoms with van der Waals surface area (Å²) >= 11 is 0. The summed E-state index contributed by atoms with van der Waals surface area (Å²) in [5.41, 5.74) is 2.57. The number of nitrogens with zero attached hydrogens (tertiary/aromatic N) is 4. The van der Waals surface area contributed by atoms with Crippen molar-refractivity contribution >= 4 is 17.5 Å². The van der Waals surface area contributed by atoms with Crippen LogP contribution in [0.2, 0.25) is 0 Å². The molecule has 1 aliphatic heterocycles. The molecule has 0 N–H and O–H groups in total. The second-order valence-electron chi connectivity index (χ2n) is 6.81. The Kier molecular flexibility index (Phi) is 4.03. The maximum absolute atomic E-state index is 13.0. The molecule has 2 aromatic rings. The van der Waals surface area contributed by atoms with Crippen molar-refractivity contribution in [2.75, 3.05) is 24.5 Å². The summed E-state index contributed by atoms with van der Waals surface area (Å²) in [6.07, 6.45) is 5.26. The first-order chi connectivity index (χ1) is 12.1. The summed E-state index contributed by atoms with van der Waals surface area (Å²) in [5, 5.41) is 4.29. The van der Waals surface area contributed by atoms with E-state index in [1.54, 1.807) is 21.5 Å². The molecule has 1 aromatic carbocycles. The predicted molar refractivity (Wildman–Crippen MR) is 94.5 cm³/mol. The van der Waals surface area contributed by atoms with Crippen LogP contribution >= 0.6 is 0 Å². The molecular weight excluding hydrogens is 316 g/mol. The lowest BCUT2D eigenvalue weighted by atomic mass is 9.80. The first kappa shape index (κ1) is 15.9. The molecule has 1 aromatic heterocycles. The predicted octanol–water partition coefficient (Wildman–Crippen LogP) is 2.18. The van der Waals surface area contributed by atoms with Crippen molar-refractivity contribution in [3.05, 3.63) is 47.8 Å². The minimum Gasteiger partial charge on any atom is -0.326 e. The molecule has 25 heavy (non-hydrogen) atoms. The Morgan fingerprint density at radius 1 is 1.16 bits per heavy atom. The minimum absolute atomic E-state index is 0.0434. The molecule has 6 heteroatoms. The number of hydrogen-bond acceptors (Lipinski definition) is 3. The Hall–Kier alpha value is -2.63. The molecule has 1 aliphatic carbocycles.